The number of nitrogens with two attached hydrogens (primary N) is 1. The highest BCUT2D eigenvalue weighted by Gasteiger charge is 2.07. The van der Waals surface area contributed by atoms with Crippen LogP contribution in [0.3, 0.4) is 0 Å². The summed E-state index contributed by atoms with van der Waals surface area (Å²) < 4.78 is 29.3. The number of aryl methyl sites for hydroxylation is 1. The first-order valence-electron chi connectivity index (χ1n) is 9.92. The van der Waals surface area contributed by atoms with Crippen LogP contribution >= 0.6 is 0 Å². The molecule has 0 atom stereocenters. The van der Waals surface area contributed by atoms with Gasteiger partial charge >= 0.3 is 0 Å². The molecular weight excluding hydrogens is 396 g/mol. The van der Waals surface area contributed by atoms with Gasteiger partial charge in [-0.05, 0) is 55.2 Å². The van der Waals surface area contributed by atoms with Crippen molar-refractivity contribution < 1.29 is 13.0 Å². The lowest BCUT2D eigenvalue weighted by Gasteiger charge is -2.25. The Bertz CT molecular complexity index is 1020. The number of nitrogens with zero attached hydrogens (tertiary/aromatic N) is 1. The van der Waals surface area contributed by atoms with Crippen LogP contribution in [0.5, 0.6) is 0 Å². The number of hydrogen-bond acceptors (Lipinski definition) is 4. The molecule has 0 spiro atoms. The second kappa shape index (κ2) is 11.4. The van der Waals surface area contributed by atoms with Crippen LogP contribution in [0.1, 0.15) is 23.6 Å². The molecule has 0 heterocycles. The van der Waals surface area contributed by atoms with Crippen LogP contribution in [0.2, 0.25) is 0 Å². The van der Waals surface area contributed by atoms with Crippen molar-refractivity contribution in [3.05, 3.63) is 95.6 Å². The monoisotopic (exact) mass is 426 g/mol. The van der Waals surface area contributed by atoms with Crippen LogP contribution in [0.15, 0.2) is 78.9 Å². The fourth-order valence-electron chi connectivity index (χ4n) is 3.17. The second-order valence-corrected chi connectivity index (χ2v) is 8.53. The minimum Gasteiger partial charge on any atom is -0.399 e. The minimum atomic E-state index is -3.95. The third-order valence-electron chi connectivity index (χ3n) is 4.65. The van der Waals surface area contributed by atoms with Gasteiger partial charge in [0.1, 0.15) is 5.75 Å². The molecule has 0 unspecified atom stereocenters. The molecule has 3 N–H and O–H groups in total. The molecule has 3 aromatic carbocycles. The standard InChI is InChI=1S/C17H21N.C7H9NO3S/c1-3-18(17-12-8-7-9-15(17)2)14-13-16-10-5-4-6-11-16;8-7-3-1-2-6(4-7)5-12(9,10)11/h4-12H,3,13-14H2,1-2H3;1-4H,5,8H2,(H,9,10,11). The predicted octanol–water partition coefficient (Wildman–Crippen LogP) is 4.72. The van der Waals surface area contributed by atoms with Crippen LogP contribution in [0.25, 0.3) is 0 Å². The Morgan fingerprint density at radius 2 is 1.53 bits per heavy atom. The smallest absolute Gasteiger partial charge is 0.269 e. The first-order chi connectivity index (χ1) is 14.3. The Balaban J connectivity index is 0.000000232. The molecule has 0 saturated heterocycles. The van der Waals surface area contributed by atoms with Gasteiger partial charge in [0.15, 0.2) is 0 Å². The molecule has 0 radical (unpaired) electrons. The number of benzene rings is 3. The zero-order valence-electron chi connectivity index (χ0n) is 17.5. The van der Waals surface area contributed by atoms with Gasteiger partial charge < -0.3 is 10.6 Å². The van der Waals surface area contributed by atoms with E-state index in [-0.39, 0.29) is 0 Å². The average Bonchev–Trinajstić information content (AvgIpc) is 2.70. The minimum absolute atomic E-state index is 0.391. The molecule has 0 aliphatic carbocycles. The fraction of sp³-hybridized carbons (Fsp3) is 0.250. The van der Waals surface area contributed by atoms with Gasteiger partial charge in [0.25, 0.3) is 10.1 Å². The van der Waals surface area contributed by atoms with Crippen molar-refractivity contribution in [2.75, 3.05) is 23.7 Å². The van der Waals surface area contributed by atoms with Gasteiger partial charge in [-0.1, -0.05) is 60.7 Å². The van der Waals surface area contributed by atoms with Gasteiger partial charge in [-0.2, -0.15) is 8.42 Å². The average molecular weight is 427 g/mol. The third-order valence-corrected chi connectivity index (χ3v) is 5.35. The topological polar surface area (TPSA) is 83.6 Å². The van der Waals surface area contributed by atoms with Gasteiger partial charge in [-0.15, -0.1) is 0 Å². The molecule has 0 aliphatic heterocycles. The molecule has 0 amide bonds. The zero-order chi connectivity index (χ0) is 22.0. The quantitative estimate of drug-likeness (QED) is 0.422. The van der Waals surface area contributed by atoms with Gasteiger partial charge in [-0.3, -0.25) is 4.55 Å². The molecule has 5 nitrogen and oxygen atoms in total. The summed E-state index contributed by atoms with van der Waals surface area (Å²) >= 11 is 0. The van der Waals surface area contributed by atoms with Crippen LogP contribution in [-0.2, 0) is 22.3 Å². The Kier molecular flexibility index (Phi) is 8.89. The summed E-state index contributed by atoms with van der Waals surface area (Å²) in [5.41, 5.74) is 10.5. The van der Waals surface area contributed by atoms with Crippen molar-refractivity contribution in [3.8, 4) is 0 Å². The molecule has 3 rings (SSSR count). The number of likely N-dealkylation sites (N-methyl/N-ethyl adjacent to an activating group) is 1. The van der Waals surface area contributed by atoms with E-state index in [1.807, 2.05) is 0 Å². The summed E-state index contributed by atoms with van der Waals surface area (Å²) in [6.07, 6.45) is 1.10. The lowest BCUT2D eigenvalue weighted by Crippen LogP contribution is -2.26. The molecule has 0 aromatic heterocycles. The lowest BCUT2D eigenvalue weighted by atomic mass is 10.1. The molecule has 30 heavy (non-hydrogen) atoms. The van der Waals surface area contributed by atoms with E-state index in [9.17, 15) is 8.42 Å². The Hall–Kier alpha value is -2.83. The highest BCUT2D eigenvalue weighted by Crippen LogP contribution is 2.19. The number of hydrogen-bond donors (Lipinski definition) is 2. The molecular formula is C24H30N2O3S. The van der Waals surface area contributed by atoms with Crippen molar-refractivity contribution in [2.24, 2.45) is 0 Å². The largest absolute Gasteiger partial charge is 0.399 e. The highest BCUT2D eigenvalue weighted by molar-refractivity contribution is 7.85. The van der Waals surface area contributed by atoms with E-state index in [2.05, 4.69) is 73.3 Å². The summed E-state index contributed by atoms with van der Waals surface area (Å²) in [5.74, 6) is -0.391. The summed E-state index contributed by atoms with van der Waals surface area (Å²) in [6, 6.07) is 25.7. The number of anilines is 2. The molecule has 0 bridgehead atoms. The van der Waals surface area contributed by atoms with E-state index in [0.717, 1.165) is 19.5 Å². The van der Waals surface area contributed by atoms with Crippen molar-refractivity contribution in [2.45, 2.75) is 26.0 Å². The summed E-state index contributed by atoms with van der Waals surface area (Å²) in [4.78, 5) is 2.45. The van der Waals surface area contributed by atoms with E-state index in [1.54, 1.807) is 18.2 Å². The third kappa shape index (κ3) is 8.27. The first-order valence-corrected chi connectivity index (χ1v) is 11.5. The van der Waals surface area contributed by atoms with E-state index < -0.39 is 15.9 Å². The summed E-state index contributed by atoms with van der Waals surface area (Å²) in [7, 11) is -3.95. The molecule has 3 aromatic rings. The van der Waals surface area contributed by atoms with Crippen molar-refractivity contribution in [1.82, 2.24) is 0 Å². The Labute approximate surface area is 179 Å². The van der Waals surface area contributed by atoms with Crippen LogP contribution in [-0.4, -0.2) is 26.1 Å². The molecule has 0 fully saturated rings. The molecule has 0 aliphatic rings. The van der Waals surface area contributed by atoms with Gasteiger partial charge in [-0.25, -0.2) is 0 Å². The second-order valence-electron chi connectivity index (χ2n) is 7.07. The van der Waals surface area contributed by atoms with E-state index in [1.165, 1.54) is 22.9 Å². The van der Waals surface area contributed by atoms with Gasteiger partial charge in [0, 0.05) is 24.5 Å². The molecule has 160 valence electrons. The van der Waals surface area contributed by atoms with E-state index in [4.69, 9.17) is 10.3 Å². The lowest BCUT2D eigenvalue weighted by molar-refractivity contribution is 0.482. The zero-order valence-corrected chi connectivity index (χ0v) is 18.3. The number of para-hydroxylation sites is 1. The van der Waals surface area contributed by atoms with Crippen molar-refractivity contribution >= 4 is 21.5 Å². The van der Waals surface area contributed by atoms with Crippen LogP contribution < -0.4 is 10.6 Å². The van der Waals surface area contributed by atoms with Crippen LogP contribution in [0.4, 0.5) is 11.4 Å². The van der Waals surface area contributed by atoms with Gasteiger partial charge in [0.2, 0.25) is 0 Å². The predicted molar refractivity (Wildman–Crippen MR) is 125 cm³/mol. The normalized spacial score (nSPS) is 10.8. The number of rotatable bonds is 7. The van der Waals surface area contributed by atoms with E-state index in [0.29, 0.717) is 11.3 Å². The Morgan fingerprint density at radius 1 is 0.900 bits per heavy atom. The van der Waals surface area contributed by atoms with Crippen molar-refractivity contribution in [3.63, 3.8) is 0 Å². The summed E-state index contributed by atoms with van der Waals surface area (Å²) in [6.45, 7) is 6.53. The maximum atomic E-state index is 10.4. The molecule has 6 heteroatoms. The SMILES string of the molecule is CCN(CCc1ccccc1)c1ccccc1C.Nc1cccc(CS(=O)(=O)O)c1. The maximum absolute atomic E-state index is 10.4. The van der Waals surface area contributed by atoms with Crippen LogP contribution in [0, 0.1) is 6.92 Å². The fourth-order valence-corrected chi connectivity index (χ4v) is 3.77. The number of nitrogen functional groups attached to an aromatic ring is 1. The molecule has 0 saturated carbocycles. The maximum Gasteiger partial charge on any atom is 0.269 e. The first kappa shape index (κ1) is 23.4. The Morgan fingerprint density at radius 3 is 2.13 bits per heavy atom. The summed E-state index contributed by atoms with van der Waals surface area (Å²) in [5, 5.41) is 0. The van der Waals surface area contributed by atoms with Crippen molar-refractivity contribution in [1.29, 1.82) is 0 Å². The van der Waals surface area contributed by atoms with Gasteiger partial charge in [0.05, 0.1) is 0 Å². The highest BCUT2D eigenvalue weighted by atomic mass is 32.2. The van der Waals surface area contributed by atoms with E-state index >= 15 is 0 Å².